The summed E-state index contributed by atoms with van der Waals surface area (Å²) in [6.45, 7) is 2.01. The summed E-state index contributed by atoms with van der Waals surface area (Å²) in [5.74, 6) is 3.66. The molecule has 5 nitrogen and oxygen atoms in total. The third-order valence-electron chi connectivity index (χ3n) is 2.30. The van der Waals surface area contributed by atoms with Crippen LogP contribution in [-0.4, -0.2) is 19.0 Å². The van der Waals surface area contributed by atoms with Gasteiger partial charge in [-0.3, -0.25) is 0 Å². The first-order chi connectivity index (χ1) is 8.12. The van der Waals surface area contributed by atoms with Crippen LogP contribution in [0.5, 0.6) is 0 Å². The molecule has 0 bridgehead atoms. The Morgan fingerprint density at radius 1 is 1.18 bits per heavy atom. The number of carbonyl (C=O) groups is 2. The molecule has 0 aliphatic carbocycles. The van der Waals surface area contributed by atoms with Crippen molar-refractivity contribution in [3.63, 3.8) is 0 Å². The summed E-state index contributed by atoms with van der Waals surface area (Å²) in [6, 6.07) is 4.76. The third kappa shape index (κ3) is 3.29. The van der Waals surface area contributed by atoms with Gasteiger partial charge in [-0.2, -0.15) is 5.90 Å². The van der Waals surface area contributed by atoms with Gasteiger partial charge in [0.2, 0.25) is 0 Å². The fourth-order valence-corrected chi connectivity index (χ4v) is 1.55. The minimum atomic E-state index is -0.673. The minimum Gasteiger partial charge on any atom is -0.465 e. The summed E-state index contributed by atoms with van der Waals surface area (Å²) in [5.41, 5.74) is 1.44. The molecule has 92 valence electrons. The van der Waals surface area contributed by atoms with Crippen molar-refractivity contribution in [2.75, 3.05) is 7.11 Å². The van der Waals surface area contributed by atoms with Crippen LogP contribution in [0.1, 0.15) is 39.6 Å². The number of aryl methyl sites for hydroxylation is 1. The van der Waals surface area contributed by atoms with Crippen LogP contribution in [0.4, 0.5) is 0 Å². The van der Waals surface area contributed by atoms with Crippen LogP contribution >= 0.6 is 0 Å². The lowest BCUT2D eigenvalue weighted by Crippen LogP contribution is -2.12. The average Bonchev–Trinajstić information content (AvgIpc) is 2.36. The standard InChI is InChI=1S/C12H15NO4/c1-3-4-8-5-9(11(14)16-2)7-10(6-8)12(15)17-13/h5-7H,3-4,13H2,1-2H3. The van der Waals surface area contributed by atoms with E-state index in [1.165, 1.54) is 13.2 Å². The Morgan fingerprint density at radius 2 is 1.76 bits per heavy atom. The van der Waals surface area contributed by atoms with Gasteiger partial charge in [0.25, 0.3) is 0 Å². The highest BCUT2D eigenvalue weighted by Gasteiger charge is 2.13. The van der Waals surface area contributed by atoms with E-state index in [0.29, 0.717) is 5.56 Å². The van der Waals surface area contributed by atoms with E-state index in [2.05, 4.69) is 9.57 Å². The summed E-state index contributed by atoms with van der Waals surface area (Å²) >= 11 is 0. The number of hydrogen-bond donors (Lipinski definition) is 1. The lowest BCUT2D eigenvalue weighted by Gasteiger charge is -2.06. The first-order valence-electron chi connectivity index (χ1n) is 5.25. The first kappa shape index (κ1) is 13.2. The predicted octanol–water partition coefficient (Wildman–Crippen LogP) is 1.46. The molecule has 0 saturated heterocycles. The second-order valence-corrected chi connectivity index (χ2v) is 3.57. The van der Waals surface area contributed by atoms with Gasteiger partial charge in [-0.25, -0.2) is 9.59 Å². The van der Waals surface area contributed by atoms with Crippen molar-refractivity contribution in [2.45, 2.75) is 19.8 Å². The molecular formula is C12H15NO4. The predicted molar refractivity (Wildman–Crippen MR) is 61.4 cm³/mol. The number of methoxy groups -OCH3 is 1. The topological polar surface area (TPSA) is 78.6 Å². The van der Waals surface area contributed by atoms with E-state index in [1.54, 1.807) is 12.1 Å². The van der Waals surface area contributed by atoms with Gasteiger partial charge in [-0.05, 0) is 30.2 Å². The molecule has 0 heterocycles. The van der Waals surface area contributed by atoms with Crippen molar-refractivity contribution in [1.82, 2.24) is 0 Å². The van der Waals surface area contributed by atoms with Crippen LogP contribution < -0.4 is 5.90 Å². The quantitative estimate of drug-likeness (QED) is 0.633. The van der Waals surface area contributed by atoms with E-state index in [0.717, 1.165) is 18.4 Å². The lowest BCUT2D eigenvalue weighted by atomic mass is 10.0. The van der Waals surface area contributed by atoms with Gasteiger partial charge in [-0.1, -0.05) is 13.3 Å². The Labute approximate surface area is 99.5 Å². The zero-order valence-corrected chi connectivity index (χ0v) is 9.86. The van der Waals surface area contributed by atoms with Crippen molar-refractivity contribution in [3.05, 3.63) is 34.9 Å². The third-order valence-corrected chi connectivity index (χ3v) is 2.30. The summed E-state index contributed by atoms with van der Waals surface area (Å²) in [7, 11) is 1.29. The smallest absolute Gasteiger partial charge is 0.356 e. The van der Waals surface area contributed by atoms with Gasteiger partial charge in [0.15, 0.2) is 0 Å². The van der Waals surface area contributed by atoms with Gasteiger partial charge >= 0.3 is 11.9 Å². The maximum Gasteiger partial charge on any atom is 0.356 e. The maximum atomic E-state index is 11.4. The molecule has 0 fully saturated rings. The summed E-state index contributed by atoms with van der Waals surface area (Å²) < 4.78 is 4.62. The molecule has 2 N–H and O–H groups in total. The van der Waals surface area contributed by atoms with Crippen LogP contribution in [0, 0.1) is 0 Å². The number of nitrogens with two attached hydrogens (primary N) is 1. The number of esters is 1. The van der Waals surface area contributed by atoms with Crippen molar-refractivity contribution < 1.29 is 19.2 Å². The molecule has 0 unspecified atom stereocenters. The van der Waals surface area contributed by atoms with Crippen molar-refractivity contribution in [2.24, 2.45) is 5.90 Å². The summed E-state index contributed by atoms with van der Waals surface area (Å²) in [4.78, 5) is 26.9. The SMILES string of the molecule is CCCc1cc(C(=O)OC)cc(C(=O)ON)c1. The molecule has 0 atom stereocenters. The zero-order valence-electron chi connectivity index (χ0n) is 9.86. The van der Waals surface area contributed by atoms with Crippen molar-refractivity contribution in [1.29, 1.82) is 0 Å². The fourth-order valence-electron chi connectivity index (χ4n) is 1.55. The van der Waals surface area contributed by atoms with E-state index < -0.39 is 11.9 Å². The molecule has 0 spiro atoms. The molecule has 17 heavy (non-hydrogen) atoms. The van der Waals surface area contributed by atoms with E-state index in [1.807, 2.05) is 6.92 Å². The maximum absolute atomic E-state index is 11.4. The molecule has 0 aliphatic heterocycles. The number of benzene rings is 1. The van der Waals surface area contributed by atoms with Crippen LogP contribution in [0.2, 0.25) is 0 Å². The molecular weight excluding hydrogens is 222 g/mol. The van der Waals surface area contributed by atoms with Crippen LogP contribution in [0.3, 0.4) is 0 Å². The number of carbonyl (C=O) groups excluding carboxylic acids is 2. The second-order valence-electron chi connectivity index (χ2n) is 3.57. The highest BCUT2D eigenvalue weighted by atomic mass is 16.7. The Hall–Kier alpha value is -1.88. The van der Waals surface area contributed by atoms with Crippen molar-refractivity contribution in [3.8, 4) is 0 Å². The van der Waals surface area contributed by atoms with Crippen LogP contribution in [-0.2, 0) is 16.0 Å². The highest BCUT2D eigenvalue weighted by Crippen LogP contribution is 2.14. The van der Waals surface area contributed by atoms with Gasteiger partial charge < -0.3 is 9.57 Å². The number of rotatable bonds is 4. The lowest BCUT2D eigenvalue weighted by molar-refractivity contribution is 0.0503. The largest absolute Gasteiger partial charge is 0.465 e. The van der Waals surface area contributed by atoms with E-state index in [-0.39, 0.29) is 5.56 Å². The number of ether oxygens (including phenoxy) is 1. The van der Waals surface area contributed by atoms with Crippen LogP contribution in [0.15, 0.2) is 18.2 Å². The zero-order chi connectivity index (χ0) is 12.8. The molecule has 0 aromatic heterocycles. The molecule has 0 radical (unpaired) electrons. The molecule has 0 amide bonds. The highest BCUT2D eigenvalue weighted by molar-refractivity contribution is 5.95. The van der Waals surface area contributed by atoms with E-state index in [9.17, 15) is 9.59 Å². The molecule has 5 heteroatoms. The Bertz CT molecular complexity index is 394. The van der Waals surface area contributed by atoms with Gasteiger partial charge in [0.05, 0.1) is 18.2 Å². The van der Waals surface area contributed by atoms with E-state index in [4.69, 9.17) is 5.90 Å². The van der Waals surface area contributed by atoms with Gasteiger partial charge in [0.1, 0.15) is 0 Å². The monoisotopic (exact) mass is 237 g/mol. The normalized spacial score (nSPS) is 9.82. The number of hydrogen-bond acceptors (Lipinski definition) is 5. The van der Waals surface area contributed by atoms with Crippen LogP contribution in [0.25, 0.3) is 0 Å². The van der Waals surface area contributed by atoms with E-state index >= 15 is 0 Å². The molecule has 1 aromatic carbocycles. The molecule has 1 aromatic rings. The Balaban J connectivity index is 3.18. The minimum absolute atomic E-state index is 0.249. The first-order valence-corrected chi connectivity index (χ1v) is 5.25. The molecule has 0 aliphatic rings. The fraction of sp³-hybridized carbons (Fsp3) is 0.333. The Morgan fingerprint density at radius 3 is 2.24 bits per heavy atom. The summed E-state index contributed by atoms with van der Waals surface area (Å²) in [5, 5.41) is 0. The van der Waals surface area contributed by atoms with Gasteiger partial charge in [0, 0.05) is 0 Å². The summed E-state index contributed by atoms with van der Waals surface area (Å²) in [6.07, 6.45) is 1.66. The Kier molecular flexibility index (Phi) is 4.66. The molecule has 0 saturated carbocycles. The average molecular weight is 237 g/mol. The second kappa shape index (κ2) is 6.00. The van der Waals surface area contributed by atoms with Crippen molar-refractivity contribution >= 4 is 11.9 Å². The molecule has 1 rings (SSSR count). The van der Waals surface area contributed by atoms with Gasteiger partial charge in [-0.15, -0.1) is 0 Å².